The Kier molecular flexibility index (Phi) is 4.63. The molecule has 2 atom stereocenters. The number of alkyl halides is 4. The number of hydrogen-bond acceptors (Lipinski definition) is 2. The second kappa shape index (κ2) is 6.64. The highest BCUT2D eigenvalue weighted by molar-refractivity contribution is 5.96. The summed E-state index contributed by atoms with van der Waals surface area (Å²) < 4.78 is 69.2. The first kappa shape index (κ1) is 18.8. The molecule has 1 heterocycles. The number of aryl methyl sites for hydroxylation is 1. The summed E-state index contributed by atoms with van der Waals surface area (Å²) in [6.45, 7) is 0. The number of allylic oxidation sites excluding steroid dienone is 2. The van der Waals surface area contributed by atoms with Crippen molar-refractivity contribution in [2.45, 2.75) is 17.9 Å². The zero-order valence-corrected chi connectivity index (χ0v) is 14.0. The van der Waals surface area contributed by atoms with Crippen LogP contribution in [0.25, 0.3) is 0 Å². The molecule has 0 saturated carbocycles. The third kappa shape index (κ3) is 3.76. The quantitative estimate of drug-likeness (QED) is 0.642. The number of nitrogens with zero attached hydrogens (tertiary/aromatic N) is 2. The van der Waals surface area contributed by atoms with Crippen molar-refractivity contribution in [3.8, 4) is 0 Å². The zero-order chi connectivity index (χ0) is 19.8. The van der Waals surface area contributed by atoms with Gasteiger partial charge in [0, 0.05) is 13.2 Å². The molecule has 1 aliphatic rings. The van der Waals surface area contributed by atoms with Crippen LogP contribution in [0, 0.1) is 0 Å². The van der Waals surface area contributed by atoms with Crippen LogP contribution in [-0.2, 0) is 13.2 Å². The van der Waals surface area contributed by atoms with Gasteiger partial charge in [-0.1, -0.05) is 30.3 Å². The second-order valence-electron chi connectivity index (χ2n) is 6.06. The van der Waals surface area contributed by atoms with Crippen molar-refractivity contribution in [3.63, 3.8) is 0 Å². The van der Waals surface area contributed by atoms with Gasteiger partial charge < -0.3 is 5.32 Å². The van der Waals surface area contributed by atoms with Crippen LogP contribution < -0.4 is 5.32 Å². The van der Waals surface area contributed by atoms with E-state index in [1.165, 1.54) is 19.2 Å². The fourth-order valence-electron chi connectivity index (χ4n) is 2.86. The molecular formula is C18H14F5N3O. The normalized spacial score (nSPS) is 22.4. The predicted octanol–water partition coefficient (Wildman–Crippen LogP) is 4.04. The smallest absolute Gasteiger partial charge is 0.316 e. The van der Waals surface area contributed by atoms with Crippen molar-refractivity contribution in [2.75, 3.05) is 0 Å². The van der Waals surface area contributed by atoms with Gasteiger partial charge in [0.25, 0.3) is 5.91 Å². The number of amides is 1. The minimum Gasteiger partial charge on any atom is -0.316 e. The Morgan fingerprint density at radius 1 is 1.26 bits per heavy atom. The van der Waals surface area contributed by atoms with Crippen LogP contribution in [0.4, 0.5) is 22.0 Å². The summed E-state index contributed by atoms with van der Waals surface area (Å²) in [4.78, 5) is 12.4. The van der Waals surface area contributed by atoms with Gasteiger partial charge in [-0.25, -0.2) is 8.78 Å². The fraction of sp³-hybridized carbons (Fsp3) is 0.222. The summed E-state index contributed by atoms with van der Waals surface area (Å²) in [5.74, 6) is -5.89. The van der Waals surface area contributed by atoms with Crippen LogP contribution in [0.15, 0.2) is 60.6 Å². The first-order chi connectivity index (χ1) is 12.6. The van der Waals surface area contributed by atoms with E-state index in [1.807, 2.05) is 5.32 Å². The van der Waals surface area contributed by atoms with Crippen molar-refractivity contribution in [1.29, 1.82) is 0 Å². The van der Waals surface area contributed by atoms with Crippen molar-refractivity contribution in [3.05, 3.63) is 77.4 Å². The minimum atomic E-state index is -4.88. The molecule has 1 aromatic heterocycles. The van der Waals surface area contributed by atoms with E-state index in [0.29, 0.717) is 5.56 Å². The Morgan fingerprint density at radius 2 is 1.93 bits per heavy atom. The molecule has 27 heavy (non-hydrogen) atoms. The molecule has 1 amide bonds. The molecule has 0 aliphatic heterocycles. The lowest BCUT2D eigenvalue weighted by Crippen LogP contribution is -2.48. The molecule has 1 aliphatic carbocycles. The first-order valence-electron chi connectivity index (χ1n) is 7.84. The van der Waals surface area contributed by atoms with Gasteiger partial charge in [0.2, 0.25) is 5.79 Å². The van der Waals surface area contributed by atoms with Gasteiger partial charge in [-0.3, -0.25) is 9.48 Å². The third-order valence-corrected chi connectivity index (χ3v) is 4.07. The largest absolute Gasteiger partial charge is 0.435 e. The summed E-state index contributed by atoms with van der Waals surface area (Å²) in [6.07, 6.45) is -1.48. The number of halogens is 5. The molecular weight excluding hydrogens is 369 g/mol. The number of carbonyl (C=O) groups excluding carboxylic acids is 1. The van der Waals surface area contributed by atoms with E-state index in [1.54, 1.807) is 18.2 Å². The zero-order valence-electron chi connectivity index (χ0n) is 14.0. The highest BCUT2D eigenvalue weighted by atomic mass is 19.4. The van der Waals surface area contributed by atoms with E-state index in [0.717, 1.165) is 29.1 Å². The van der Waals surface area contributed by atoms with Crippen molar-refractivity contribution < 1.29 is 26.7 Å². The molecule has 1 aromatic carbocycles. The Labute approximate surface area is 151 Å². The Balaban J connectivity index is 1.96. The molecule has 142 valence electrons. The summed E-state index contributed by atoms with van der Waals surface area (Å²) >= 11 is 0. The lowest BCUT2D eigenvalue weighted by molar-refractivity contribution is -0.141. The van der Waals surface area contributed by atoms with Crippen LogP contribution in [-0.4, -0.2) is 21.5 Å². The van der Waals surface area contributed by atoms with E-state index in [-0.39, 0.29) is 0 Å². The predicted molar refractivity (Wildman–Crippen MR) is 87.0 cm³/mol. The van der Waals surface area contributed by atoms with E-state index in [9.17, 15) is 22.4 Å². The van der Waals surface area contributed by atoms with Gasteiger partial charge in [-0.15, -0.1) is 0 Å². The standard InChI is InChI=1S/C18H14F5N3O/c1-26-10-13(15(25-26)18(21,22)23)16(27)24-17(20)8-7-12(19)9-14(17)11-5-3-2-4-6-11/h2-10,14H,1H3,(H,24,27). The molecule has 0 fully saturated rings. The van der Waals surface area contributed by atoms with Gasteiger partial charge in [-0.05, 0) is 23.8 Å². The maximum atomic E-state index is 15.5. The van der Waals surface area contributed by atoms with Crippen molar-refractivity contribution in [1.82, 2.24) is 15.1 Å². The molecule has 2 aromatic rings. The number of carbonyl (C=O) groups is 1. The Morgan fingerprint density at radius 3 is 2.56 bits per heavy atom. The van der Waals surface area contributed by atoms with Gasteiger partial charge in [0.1, 0.15) is 5.83 Å². The monoisotopic (exact) mass is 383 g/mol. The molecule has 1 N–H and O–H groups in total. The maximum absolute atomic E-state index is 15.5. The van der Waals surface area contributed by atoms with Gasteiger partial charge in [0.15, 0.2) is 5.69 Å². The number of benzene rings is 1. The summed E-state index contributed by atoms with van der Waals surface area (Å²) in [7, 11) is 1.21. The van der Waals surface area contributed by atoms with E-state index in [2.05, 4.69) is 5.10 Å². The highest BCUT2D eigenvalue weighted by Crippen LogP contribution is 2.38. The summed E-state index contributed by atoms with van der Waals surface area (Å²) in [5, 5.41) is 5.18. The average Bonchev–Trinajstić information content (AvgIpc) is 3.00. The van der Waals surface area contributed by atoms with Crippen LogP contribution in [0.2, 0.25) is 0 Å². The SMILES string of the molecule is Cn1cc(C(=O)NC2(F)C=CC(F)=CC2c2ccccc2)c(C(F)(F)F)n1. The molecule has 0 saturated heterocycles. The van der Waals surface area contributed by atoms with Gasteiger partial charge >= 0.3 is 6.18 Å². The van der Waals surface area contributed by atoms with Crippen LogP contribution in [0.1, 0.15) is 27.5 Å². The highest BCUT2D eigenvalue weighted by Gasteiger charge is 2.44. The molecule has 2 unspecified atom stereocenters. The molecule has 4 nitrogen and oxygen atoms in total. The molecule has 0 spiro atoms. The number of rotatable bonds is 3. The van der Waals surface area contributed by atoms with Gasteiger partial charge in [-0.2, -0.15) is 18.3 Å². The summed E-state index contributed by atoms with van der Waals surface area (Å²) in [6, 6.07) is 7.93. The average molecular weight is 383 g/mol. The number of nitrogens with one attached hydrogen (secondary N) is 1. The number of hydrogen-bond donors (Lipinski definition) is 1. The molecule has 0 bridgehead atoms. The van der Waals surface area contributed by atoms with Gasteiger partial charge in [0.05, 0.1) is 11.5 Å². The Hall–Kier alpha value is -2.97. The van der Waals surface area contributed by atoms with Crippen molar-refractivity contribution in [2.24, 2.45) is 7.05 Å². The molecule has 3 rings (SSSR count). The first-order valence-corrected chi connectivity index (χ1v) is 7.84. The minimum absolute atomic E-state index is 0.349. The van der Waals surface area contributed by atoms with E-state index >= 15 is 4.39 Å². The summed E-state index contributed by atoms with van der Waals surface area (Å²) in [5.41, 5.74) is -1.90. The topological polar surface area (TPSA) is 46.9 Å². The van der Waals surface area contributed by atoms with Crippen LogP contribution >= 0.6 is 0 Å². The molecule has 0 radical (unpaired) electrons. The maximum Gasteiger partial charge on any atom is 0.435 e. The Bertz CT molecular complexity index is 917. The van der Waals surface area contributed by atoms with Crippen LogP contribution in [0.3, 0.4) is 0 Å². The fourth-order valence-corrected chi connectivity index (χ4v) is 2.86. The van der Waals surface area contributed by atoms with Crippen molar-refractivity contribution >= 4 is 5.91 Å². The van der Waals surface area contributed by atoms with E-state index < -0.39 is 40.9 Å². The number of aromatic nitrogens is 2. The van der Waals surface area contributed by atoms with Crippen LogP contribution in [0.5, 0.6) is 0 Å². The third-order valence-electron chi connectivity index (χ3n) is 4.07. The lowest BCUT2D eigenvalue weighted by atomic mass is 9.85. The lowest BCUT2D eigenvalue weighted by Gasteiger charge is -2.32. The van der Waals surface area contributed by atoms with E-state index in [4.69, 9.17) is 0 Å². The molecule has 9 heteroatoms. The second-order valence-corrected chi connectivity index (χ2v) is 6.06.